The van der Waals surface area contributed by atoms with Gasteiger partial charge in [-0.3, -0.25) is 9.59 Å². The lowest BCUT2D eigenvalue weighted by atomic mass is 9.70. The van der Waals surface area contributed by atoms with Crippen molar-refractivity contribution in [3.05, 3.63) is 47.1 Å². The van der Waals surface area contributed by atoms with Gasteiger partial charge in [0.05, 0.1) is 0 Å². The minimum atomic E-state index is -0.474. The van der Waals surface area contributed by atoms with Crippen molar-refractivity contribution in [1.29, 1.82) is 0 Å². The average Bonchev–Trinajstić information content (AvgIpc) is 3.34. The van der Waals surface area contributed by atoms with Gasteiger partial charge in [-0.1, -0.05) is 43.2 Å². The second-order valence-corrected chi connectivity index (χ2v) is 10.1. The molecule has 6 nitrogen and oxygen atoms in total. The standard InChI is InChI=1S/C29H42O6/c1-20(2)29(15-8-10-22(29)4)16-14-21(3)9-7-11-25(18-33-23(5)30)12-13-27-26(17-28(32)35-27)19-34-24(6)31/h9,12,17,22,27H,1,7-8,10-11,13-16,18-19H2,2-6H3. The molecular weight excluding hydrogens is 444 g/mol. The van der Waals surface area contributed by atoms with Gasteiger partial charge in [0, 0.05) is 31.9 Å². The number of cyclic esters (lactones) is 1. The van der Waals surface area contributed by atoms with Crippen LogP contribution >= 0.6 is 0 Å². The van der Waals surface area contributed by atoms with E-state index in [0.29, 0.717) is 17.9 Å². The number of hydrogen-bond donors (Lipinski definition) is 0. The minimum absolute atomic E-state index is 0.0328. The molecule has 0 spiro atoms. The normalized spacial score (nSPS) is 24.7. The summed E-state index contributed by atoms with van der Waals surface area (Å²) in [6.45, 7) is 14.0. The van der Waals surface area contributed by atoms with Gasteiger partial charge in [0.25, 0.3) is 0 Å². The van der Waals surface area contributed by atoms with Crippen LogP contribution in [-0.4, -0.2) is 37.2 Å². The fraction of sp³-hybridized carbons (Fsp3) is 0.621. The smallest absolute Gasteiger partial charge is 0.331 e. The molecule has 1 fully saturated rings. The zero-order valence-corrected chi connectivity index (χ0v) is 22.1. The maximum Gasteiger partial charge on any atom is 0.331 e. The zero-order chi connectivity index (χ0) is 26.0. The van der Waals surface area contributed by atoms with E-state index >= 15 is 0 Å². The summed E-state index contributed by atoms with van der Waals surface area (Å²) in [5.74, 6) is -0.486. The molecule has 1 aliphatic carbocycles. The number of allylic oxidation sites excluding steroid dienone is 3. The summed E-state index contributed by atoms with van der Waals surface area (Å²) < 4.78 is 15.6. The lowest BCUT2D eigenvalue weighted by Crippen LogP contribution is -2.24. The van der Waals surface area contributed by atoms with E-state index in [-0.39, 0.29) is 24.6 Å². The molecule has 0 N–H and O–H groups in total. The fourth-order valence-electron chi connectivity index (χ4n) is 5.21. The highest BCUT2D eigenvalue weighted by Gasteiger charge is 2.40. The van der Waals surface area contributed by atoms with E-state index in [4.69, 9.17) is 14.2 Å². The molecule has 0 saturated heterocycles. The molecule has 1 saturated carbocycles. The van der Waals surface area contributed by atoms with Crippen molar-refractivity contribution in [2.75, 3.05) is 13.2 Å². The predicted molar refractivity (Wildman–Crippen MR) is 136 cm³/mol. The Kier molecular flexibility index (Phi) is 11.0. The summed E-state index contributed by atoms with van der Waals surface area (Å²) in [6.07, 6.45) is 13.2. The Morgan fingerprint density at radius 2 is 1.86 bits per heavy atom. The molecule has 194 valence electrons. The van der Waals surface area contributed by atoms with Crippen LogP contribution < -0.4 is 0 Å². The summed E-state index contributed by atoms with van der Waals surface area (Å²) in [5, 5.41) is 0. The molecule has 0 aromatic rings. The van der Waals surface area contributed by atoms with Crippen LogP contribution in [0.15, 0.2) is 47.1 Å². The third-order valence-electron chi connectivity index (χ3n) is 7.48. The fourth-order valence-corrected chi connectivity index (χ4v) is 5.21. The molecule has 0 bridgehead atoms. The van der Waals surface area contributed by atoms with Gasteiger partial charge in [-0.05, 0) is 69.3 Å². The molecule has 3 unspecified atom stereocenters. The van der Waals surface area contributed by atoms with Gasteiger partial charge < -0.3 is 14.2 Å². The average molecular weight is 487 g/mol. The molecule has 1 aliphatic heterocycles. The Bertz CT molecular complexity index is 893. The first kappa shape index (κ1) is 28.6. The monoisotopic (exact) mass is 486 g/mol. The summed E-state index contributed by atoms with van der Waals surface area (Å²) in [4.78, 5) is 34.2. The number of rotatable bonds is 13. The Balaban J connectivity index is 1.95. The van der Waals surface area contributed by atoms with Crippen LogP contribution in [0.2, 0.25) is 0 Å². The van der Waals surface area contributed by atoms with Crippen LogP contribution in [0, 0.1) is 11.3 Å². The lowest BCUT2D eigenvalue weighted by molar-refractivity contribution is -0.141. The van der Waals surface area contributed by atoms with Gasteiger partial charge in [-0.25, -0.2) is 4.79 Å². The summed E-state index contributed by atoms with van der Waals surface area (Å²) in [5.41, 5.74) is 4.56. The first-order chi connectivity index (χ1) is 16.5. The highest BCUT2D eigenvalue weighted by molar-refractivity contribution is 5.86. The molecule has 0 amide bonds. The third kappa shape index (κ3) is 8.83. The highest BCUT2D eigenvalue weighted by atomic mass is 16.6. The van der Waals surface area contributed by atoms with E-state index in [9.17, 15) is 14.4 Å². The van der Waals surface area contributed by atoms with E-state index in [1.807, 2.05) is 6.08 Å². The number of esters is 3. The van der Waals surface area contributed by atoms with E-state index < -0.39 is 18.0 Å². The van der Waals surface area contributed by atoms with Gasteiger partial charge in [-0.15, -0.1) is 0 Å². The summed E-state index contributed by atoms with van der Waals surface area (Å²) in [6, 6.07) is 0. The lowest BCUT2D eigenvalue weighted by Gasteiger charge is -2.35. The van der Waals surface area contributed by atoms with E-state index in [0.717, 1.165) is 31.3 Å². The highest BCUT2D eigenvalue weighted by Crippen LogP contribution is 2.51. The molecule has 3 atom stereocenters. The molecule has 2 rings (SSSR count). The molecule has 0 radical (unpaired) electrons. The van der Waals surface area contributed by atoms with Gasteiger partial charge >= 0.3 is 17.9 Å². The van der Waals surface area contributed by atoms with Crippen molar-refractivity contribution < 1.29 is 28.6 Å². The van der Waals surface area contributed by atoms with Crippen molar-refractivity contribution in [1.82, 2.24) is 0 Å². The van der Waals surface area contributed by atoms with Crippen molar-refractivity contribution in [2.24, 2.45) is 11.3 Å². The van der Waals surface area contributed by atoms with Crippen LogP contribution in [0.4, 0.5) is 0 Å². The molecular formula is C29H42O6. The van der Waals surface area contributed by atoms with Crippen molar-refractivity contribution >= 4 is 17.9 Å². The second kappa shape index (κ2) is 13.5. The van der Waals surface area contributed by atoms with Crippen molar-refractivity contribution in [3.63, 3.8) is 0 Å². The van der Waals surface area contributed by atoms with Gasteiger partial charge in [0.1, 0.15) is 19.3 Å². The number of hydrogen-bond acceptors (Lipinski definition) is 6. The topological polar surface area (TPSA) is 78.9 Å². The van der Waals surface area contributed by atoms with E-state index in [1.54, 1.807) is 0 Å². The molecule has 1 heterocycles. The van der Waals surface area contributed by atoms with Gasteiger partial charge in [0.2, 0.25) is 0 Å². The van der Waals surface area contributed by atoms with Crippen molar-refractivity contribution in [3.8, 4) is 0 Å². The first-order valence-electron chi connectivity index (χ1n) is 12.7. The number of ether oxygens (including phenoxy) is 3. The second-order valence-electron chi connectivity index (χ2n) is 10.1. The molecule has 0 aromatic heterocycles. The van der Waals surface area contributed by atoms with Gasteiger partial charge in [-0.2, -0.15) is 0 Å². The van der Waals surface area contributed by atoms with Gasteiger partial charge in [0.15, 0.2) is 0 Å². The van der Waals surface area contributed by atoms with Crippen LogP contribution in [0.3, 0.4) is 0 Å². The quantitative estimate of drug-likeness (QED) is 0.176. The van der Waals surface area contributed by atoms with E-state index in [1.165, 1.54) is 50.3 Å². The van der Waals surface area contributed by atoms with Crippen LogP contribution in [0.25, 0.3) is 0 Å². The Labute approximate surface area is 210 Å². The SMILES string of the molecule is C=C(C)C1(CCC(C)=CCCC(=CCC2OC(=O)C=C2COC(C)=O)COC(C)=O)CCCC1C. The summed E-state index contributed by atoms with van der Waals surface area (Å²) in [7, 11) is 0. The summed E-state index contributed by atoms with van der Waals surface area (Å²) >= 11 is 0. The largest absolute Gasteiger partial charge is 0.461 e. The van der Waals surface area contributed by atoms with Crippen LogP contribution in [0.5, 0.6) is 0 Å². The molecule has 2 aliphatic rings. The first-order valence-corrected chi connectivity index (χ1v) is 12.7. The maximum absolute atomic E-state index is 11.7. The van der Waals surface area contributed by atoms with Crippen LogP contribution in [0.1, 0.15) is 86.0 Å². The molecule has 0 aromatic carbocycles. The molecule has 35 heavy (non-hydrogen) atoms. The number of carbonyl (C=O) groups excluding carboxylic acids is 3. The molecule has 6 heteroatoms. The van der Waals surface area contributed by atoms with Crippen molar-refractivity contribution in [2.45, 2.75) is 92.1 Å². The Morgan fingerprint density at radius 1 is 1.14 bits per heavy atom. The zero-order valence-electron chi connectivity index (χ0n) is 22.1. The van der Waals surface area contributed by atoms with E-state index in [2.05, 4.69) is 33.4 Å². The minimum Gasteiger partial charge on any atom is -0.461 e. The Hall–Kier alpha value is -2.63. The third-order valence-corrected chi connectivity index (χ3v) is 7.48. The maximum atomic E-state index is 11.7. The Morgan fingerprint density at radius 3 is 2.46 bits per heavy atom. The number of carbonyl (C=O) groups is 3. The van der Waals surface area contributed by atoms with Crippen LogP contribution in [-0.2, 0) is 28.6 Å². The predicted octanol–water partition coefficient (Wildman–Crippen LogP) is 6.17.